The van der Waals surface area contributed by atoms with Gasteiger partial charge in [-0.1, -0.05) is 37.6 Å². The predicted octanol–water partition coefficient (Wildman–Crippen LogP) is 0.917. The first kappa shape index (κ1) is 14.7. The number of hydrogen-bond acceptors (Lipinski definition) is 3. The zero-order valence-corrected chi connectivity index (χ0v) is 11.1. The average molecular weight is 250 g/mol. The van der Waals surface area contributed by atoms with E-state index >= 15 is 0 Å². The lowest BCUT2D eigenvalue weighted by Crippen LogP contribution is -2.43. The first-order valence-electron chi connectivity index (χ1n) is 6.27. The second-order valence-corrected chi connectivity index (χ2v) is 4.55. The van der Waals surface area contributed by atoms with Gasteiger partial charge in [0.05, 0.1) is 6.61 Å². The minimum Gasteiger partial charge on any atom is -0.394 e. The van der Waals surface area contributed by atoms with E-state index < -0.39 is 6.04 Å². The molecule has 1 unspecified atom stereocenters. The van der Waals surface area contributed by atoms with Crippen molar-refractivity contribution < 1.29 is 9.90 Å². The molecule has 0 bridgehead atoms. The van der Waals surface area contributed by atoms with Crippen LogP contribution in [0.1, 0.15) is 24.5 Å². The monoisotopic (exact) mass is 250 g/mol. The van der Waals surface area contributed by atoms with E-state index in [9.17, 15) is 4.79 Å². The maximum absolute atomic E-state index is 11.7. The van der Waals surface area contributed by atoms with Crippen molar-refractivity contribution in [1.82, 2.24) is 4.90 Å². The summed E-state index contributed by atoms with van der Waals surface area (Å²) in [5, 5.41) is 8.84. The Bertz CT molecular complexity index is 376. The molecule has 1 rings (SSSR count). The smallest absolute Gasteiger partial charge is 0.241 e. The topological polar surface area (TPSA) is 66.6 Å². The van der Waals surface area contributed by atoms with Gasteiger partial charge in [0.15, 0.2) is 0 Å². The third kappa shape index (κ3) is 4.13. The van der Waals surface area contributed by atoms with Crippen molar-refractivity contribution in [2.75, 3.05) is 13.7 Å². The fourth-order valence-electron chi connectivity index (χ4n) is 1.81. The first-order chi connectivity index (χ1) is 8.58. The number of amides is 1. The van der Waals surface area contributed by atoms with E-state index in [-0.39, 0.29) is 12.5 Å². The van der Waals surface area contributed by atoms with Crippen LogP contribution in [-0.4, -0.2) is 35.6 Å². The van der Waals surface area contributed by atoms with Crippen LogP contribution >= 0.6 is 0 Å². The summed E-state index contributed by atoms with van der Waals surface area (Å²) >= 11 is 0. The Balaban J connectivity index is 2.59. The van der Waals surface area contributed by atoms with Gasteiger partial charge < -0.3 is 15.7 Å². The number of nitrogens with zero attached hydrogens (tertiary/aromatic N) is 1. The average Bonchev–Trinajstić information content (AvgIpc) is 2.39. The summed E-state index contributed by atoms with van der Waals surface area (Å²) in [5.74, 6) is -0.241. The zero-order chi connectivity index (χ0) is 13.5. The Kier molecular flexibility index (Phi) is 5.82. The highest BCUT2D eigenvalue weighted by molar-refractivity contribution is 5.81. The van der Waals surface area contributed by atoms with Crippen LogP contribution < -0.4 is 5.73 Å². The van der Waals surface area contributed by atoms with E-state index in [1.165, 1.54) is 10.5 Å². The van der Waals surface area contributed by atoms with Gasteiger partial charge in [-0.15, -0.1) is 0 Å². The molecule has 18 heavy (non-hydrogen) atoms. The van der Waals surface area contributed by atoms with E-state index in [4.69, 9.17) is 10.8 Å². The summed E-state index contributed by atoms with van der Waals surface area (Å²) in [6.45, 7) is 2.34. The van der Waals surface area contributed by atoms with Crippen molar-refractivity contribution in [3.8, 4) is 0 Å². The number of benzene rings is 1. The van der Waals surface area contributed by atoms with Crippen LogP contribution in [0.4, 0.5) is 0 Å². The number of likely N-dealkylation sites (N-methyl/N-ethyl adjacent to an activating group) is 1. The number of nitrogens with two attached hydrogens (primary N) is 1. The maximum Gasteiger partial charge on any atom is 0.241 e. The molecule has 100 valence electrons. The lowest BCUT2D eigenvalue weighted by atomic mass is 10.1. The van der Waals surface area contributed by atoms with Crippen LogP contribution in [0.5, 0.6) is 0 Å². The van der Waals surface area contributed by atoms with Gasteiger partial charge >= 0.3 is 0 Å². The number of aliphatic hydroxyl groups excluding tert-OH is 1. The summed E-state index contributed by atoms with van der Waals surface area (Å²) < 4.78 is 0. The van der Waals surface area contributed by atoms with Crippen molar-refractivity contribution in [3.05, 3.63) is 35.4 Å². The van der Waals surface area contributed by atoms with Gasteiger partial charge in [0, 0.05) is 13.6 Å². The van der Waals surface area contributed by atoms with Crippen molar-refractivity contribution in [2.45, 2.75) is 32.4 Å². The molecule has 4 nitrogen and oxygen atoms in total. The Morgan fingerprint density at radius 2 is 1.89 bits per heavy atom. The molecule has 0 aliphatic rings. The van der Waals surface area contributed by atoms with Crippen LogP contribution in [-0.2, 0) is 17.8 Å². The summed E-state index contributed by atoms with van der Waals surface area (Å²) in [6, 6.07) is 7.40. The van der Waals surface area contributed by atoms with Gasteiger partial charge in [-0.2, -0.15) is 0 Å². The van der Waals surface area contributed by atoms with Gasteiger partial charge in [-0.05, 0) is 17.5 Å². The Morgan fingerprint density at radius 1 is 1.33 bits per heavy atom. The van der Waals surface area contributed by atoms with Gasteiger partial charge in [-0.3, -0.25) is 4.79 Å². The molecule has 0 spiro atoms. The van der Waals surface area contributed by atoms with E-state index in [0.717, 1.165) is 18.4 Å². The molecular formula is C14H22N2O2. The van der Waals surface area contributed by atoms with Crippen LogP contribution in [0.25, 0.3) is 0 Å². The number of rotatable bonds is 6. The van der Waals surface area contributed by atoms with Gasteiger partial charge in [0.2, 0.25) is 5.91 Å². The Hall–Kier alpha value is -1.39. The van der Waals surface area contributed by atoms with Crippen LogP contribution in [0.2, 0.25) is 0 Å². The molecule has 1 aromatic rings. The van der Waals surface area contributed by atoms with Crippen molar-refractivity contribution >= 4 is 5.91 Å². The molecule has 1 atom stereocenters. The highest BCUT2D eigenvalue weighted by Crippen LogP contribution is 2.09. The molecule has 3 N–H and O–H groups in total. The zero-order valence-electron chi connectivity index (χ0n) is 11.1. The number of carbonyl (C=O) groups excluding carboxylic acids is 1. The highest BCUT2D eigenvalue weighted by Gasteiger charge is 2.16. The minimum absolute atomic E-state index is 0.241. The number of carbonyl (C=O) groups is 1. The minimum atomic E-state index is -0.825. The van der Waals surface area contributed by atoms with Crippen molar-refractivity contribution in [3.63, 3.8) is 0 Å². The van der Waals surface area contributed by atoms with Gasteiger partial charge in [0.25, 0.3) is 0 Å². The third-order valence-corrected chi connectivity index (χ3v) is 2.87. The van der Waals surface area contributed by atoms with Crippen LogP contribution in [0.3, 0.4) is 0 Å². The second kappa shape index (κ2) is 7.13. The molecular weight excluding hydrogens is 228 g/mol. The molecule has 0 aliphatic carbocycles. The largest absolute Gasteiger partial charge is 0.394 e. The number of aliphatic hydroxyl groups is 1. The molecule has 0 radical (unpaired) electrons. The van der Waals surface area contributed by atoms with E-state index in [1.54, 1.807) is 7.05 Å². The normalized spacial score (nSPS) is 12.2. The standard InChI is InChI=1S/C14H22N2O2/c1-3-4-11-5-7-12(8-6-11)9-16(2)14(18)13(15)10-17/h5-8,13,17H,3-4,9-10,15H2,1-2H3. The summed E-state index contributed by atoms with van der Waals surface area (Å²) in [5.41, 5.74) is 7.87. The predicted molar refractivity (Wildman–Crippen MR) is 72.0 cm³/mol. The Morgan fingerprint density at radius 3 is 2.39 bits per heavy atom. The van der Waals surface area contributed by atoms with Crippen molar-refractivity contribution in [1.29, 1.82) is 0 Å². The molecule has 0 aromatic heterocycles. The van der Waals surface area contributed by atoms with Crippen LogP contribution in [0.15, 0.2) is 24.3 Å². The van der Waals surface area contributed by atoms with Crippen LogP contribution in [0, 0.1) is 0 Å². The second-order valence-electron chi connectivity index (χ2n) is 4.55. The lowest BCUT2D eigenvalue weighted by molar-refractivity contribution is -0.132. The molecule has 0 heterocycles. The van der Waals surface area contributed by atoms with E-state index in [2.05, 4.69) is 19.1 Å². The molecule has 0 aliphatic heterocycles. The molecule has 0 saturated heterocycles. The molecule has 0 fully saturated rings. The SMILES string of the molecule is CCCc1ccc(CN(C)C(=O)C(N)CO)cc1. The molecule has 4 heteroatoms. The fourth-order valence-corrected chi connectivity index (χ4v) is 1.81. The summed E-state index contributed by atoms with van der Waals surface area (Å²) in [7, 11) is 1.69. The van der Waals surface area contributed by atoms with E-state index in [0.29, 0.717) is 6.54 Å². The van der Waals surface area contributed by atoms with E-state index in [1.807, 2.05) is 12.1 Å². The maximum atomic E-state index is 11.7. The lowest BCUT2D eigenvalue weighted by Gasteiger charge is -2.20. The van der Waals surface area contributed by atoms with Crippen molar-refractivity contribution in [2.24, 2.45) is 5.73 Å². The molecule has 1 aromatic carbocycles. The Labute approximate surface area is 108 Å². The first-order valence-corrected chi connectivity index (χ1v) is 6.27. The molecule has 1 amide bonds. The van der Waals surface area contributed by atoms with Gasteiger partial charge in [0.1, 0.15) is 6.04 Å². The third-order valence-electron chi connectivity index (χ3n) is 2.87. The van der Waals surface area contributed by atoms with Gasteiger partial charge in [-0.25, -0.2) is 0 Å². The summed E-state index contributed by atoms with van der Waals surface area (Å²) in [6.07, 6.45) is 2.20. The summed E-state index contributed by atoms with van der Waals surface area (Å²) in [4.78, 5) is 13.2. The highest BCUT2D eigenvalue weighted by atomic mass is 16.3. The molecule has 0 saturated carbocycles. The number of aryl methyl sites for hydroxylation is 1. The number of hydrogen-bond donors (Lipinski definition) is 2. The fraction of sp³-hybridized carbons (Fsp3) is 0.500. The quantitative estimate of drug-likeness (QED) is 0.789.